The van der Waals surface area contributed by atoms with E-state index >= 15 is 0 Å². The minimum Gasteiger partial charge on any atom is -0.456 e. The van der Waals surface area contributed by atoms with Gasteiger partial charge in [0.25, 0.3) is 0 Å². The van der Waals surface area contributed by atoms with Crippen molar-refractivity contribution in [2.24, 2.45) is 0 Å². The van der Waals surface area contributed by atoms with Crippen LogP contribution >= 0.6 is 0 Å². The predicted molar refractivity (Wildman–Crippen MR) is 254 cm³/mol. The molecule has 2 heteroatoms. The summed E-state index contributed by atoms with van der Waals surface area (Å²) in [7, 11) is 0. The van der Waals surface area contributed by atoms with Gasteiger partial charge >= 0.3 is 0 Å². The molecule has 0 spiro atoms. The Kier molecular flexibility index (Phi) is 8.11. The van der Waals surface area contributed by atoms with E-state index in [2.05, 4.69) is 235 Å². The minimum absolute atomic E-state index is 0.545. The molecule has 0 radical (unpaired) electrons. The van der Waals surface area contributed by atoms with Crippen LogP contribution in [-0.2, 0) is 5.41 Å². The summed E-state index contributed by atoms with van der Waals surface area (Å²) in [5, 5.41) is 4.65. The molecule has 0 unspecified atom stereocenters. The molecule has 10 aromatic carbocycles. The van der Waals surface area contributed by atoms with Crippen LogP contribution < -0.4 is 4.90 Å². The van der Waals surface area contributed by atoms with Crippen LogP contribution in [0.15, 0.2) is 241 Å². The molecule has 0 saturated heterocycles. The number of hydrogen-bond donors (Lipinski definition) is 0. The Labute approximate surface area is 355 Å². The zero-order valence-electron chi connectivity index (χ0n) is 33.4. The highest BCUT2D eigenvalue weighted by Gasteiger charge is 2.47. The Bertz CT molecular complexity index is 3390. The SMILES string of the molecule is c1ccc(C2(c3ccccc3)c3ccccc3-c3c(N(c4ccccc4-c4cccc(-c5cccc6ccccc56)c4)c4cccc5oc6ccccc6c45)cccc32)cc1. The summed E-state index contributed by atoms with van der Waals surface area (Å²) in [6.45, 7) is 0. The molecule has 1 heterocycles. The second-order valence-corrected chi connectivity index (χ2v) is 15.9. The molecule has 0 N–H and O–H groups in total. The fourth-order valence-electron chi connectivity index (χ4n) is 10.2. The number of fused-ring (bicyclic) bond motifs is 7. The van der Waals surface area contributed by atoms with Gasteiger partial charge in [0, 0.05) is 16.5 Å². The maximum absolute atomic E-state index is 6.60. The lowest BCUT2D eigenvalue weighted by Gasteiger charge is -2.34. The van der Waals surface area contributed by atoms with Gasteiger partial charge in [-0.1, -0.05) is 200 Å². The van der Waals surface area contributed by atoms with E-state index in [0.717, 1.165) is 50.1 Å². The molecule has 0 saturated carbocycles. The normalized spacial score (nSPS) is 12.7. The first-order chi connectivity index (χ1) is 30.3. The molecular weight excluding hydrogens is 739 g/mol. The van der Waals surface area contributed by atoms with E-state index in [1.165, 1.54) is 55.3 Å². The maximum Gasteiger partial charge on any atom is 0.137 e. The van der Waals surface area contributed by atoms with Crippen LogP contribution in [0.2, 0.25) is 0 Å². The van der Waals surface area contributed by atoms with Gasteiger partial charge in [0.05, 0.1) is 27.9 Å². The number of anilines is 3. The Hall–Kier alpha value is -7.94. The Morgan fingerprint density at radius 2 is 0.869 bits per heavy atom. The third-order valence-corrected chi connectivity index (χ3v) is 12.7. The molecule has 2 nitrogen and oxygen atoms in total. The van der Waals surface area contributed by atoms with Gasteiger partial charge in [0.2, 0.25) is 0 Å². The Morgan fingerprint density at radius 1 is 0.344 bits per heavy atom. The van der Waals surface area contributed by atoms with E-state index in [4.69, 9.17) is 4.42 Å². The maximum atomic E-state index is 6.60. The minimum atomic E-state index is -0.545. The molecule has 1 aromatic heterocycles. The summed E-state index contributed by atoms with van der Waals surface area (Å²) in [5.74, 6) is 0. The number of benzene rings is 10. The second-order valence-electron chi connectivity index (χ2n) is 15.9. The van der Waals surface area contributed by atoms with Crippen LogP contribution in [-0.4, -0.2) is 0 Å². The van der Waals surface area contributed by atoms with Gasteiger partial charge in [0.15, 0.2) is 0 Å². The number of furan rings is 1. The van der Waals surface area contributed by atoms with Gasteiger partial charge in [-0.3, -0.25) is 0 Å². The fourth-order valence-corrected chi connectivity index (χ4v) is 10.2. The average Bonchev–Trinajstić information content (AvgIpc) is 3.87. The van der Waals surface area contributed by atoms with E-state index in [1.807, 2.05) is 6.07 Å². The summed E-state index contributed by atoms with van der Waals surface area (Å²) in [4.78, 5) is 2.51. The third-order valence-electron chi connectivity index (χ3n) is 12.7. The van der Waals surface area contributed by atoms with Gasteiger partial charge in [-0.15, -0.1) is 0 Å². The molecule has 0 fully saturated rings. The van der Waals surface area contributed by atoms with Crippen molar-refractivity contribution in [1.29, 1.82) is 0 Å². The van der Waals surface area contributed by atoms with E-state index < -0.39 is 5.41 Å². The number of para-hydroxylation sites is 2. The zero-order chi connectivity index (χ0) is 40.3. The van der Waals surface area contributed by atoms with Gasteiger partial charge < -0.3 is 9.32 Å². The quantitative estimate of drug-likeness (QED) is 0.160. The van der Waals surface area contributed by atoms with E-state index in [1.54, 1.807) is 0 Å². The number of hydrogen-bond acceptors (Lipinski definition) is 2. The predicted octanol–water partition coefficient (Wildman–Crippen LogP) is 15.9. The number of nitrogens with zero attached hydrogens (tertiary/aromatic N) is 1. The van der Waals surface area contributed by atoms with Crippen LogP contribution in [0.25, 0.3) is 66.1 Å². The van der Waals surface area contributed by atoms with E-state index in [0.29, 0.717) is 0 Å². The Morgan fingerprint density at radius 3 is 1.69 bits per heavy atom. The topological polar surface area (TPSA) is 16.4 Å². The molecule has 1 aliphatic carbocycles. The molecule has 11 aromatic rings. The molecule has 0 bridgehead atoms. The van der Waals surface area contributed by atoms with Crippen molar-refractivity contribution < 1.29 is 4.42 Å². The van der Waals surface area contributed by atoms with E-state index in [-0.39, 0.29) is 0 Å². The Balaban J connectivity index is 1.17. The summed E-state index contributed by atoms with van der Waals surface area (Å²) in [6.07, 6.45) is 0. The van der Waals surface area contributed by atoms with Gasteiger partial charge in [0.1, 0.15) is 11.2 Å². The first-order valence-electron chi connectivity index (χ1n) is 21.0. The largest absolute Gasteiger partial charge is 0.456 e. The number of rotatable bonds is 7. The third kappa shape index (κ3) is 5.36. The summed E-state index contributed by atoms with van der Waals surface area (Å²) < 4.78 is 6.60. The lowest BCUT2D eigenvalue weighted by molar-refractivity contribution is 0.669. The smallest absolute Gasteiger partial charge is 0.137 e. The van der Waals surface area contributed by atoms with Crippen molar-refractivity contribution in [1.82, 2.24) is 0 Å². The van der Waals surface area contributed by atoms with Crippen molar-refractivity contribution in [3.8, 4) is 33.4 Å². The van der Waals surface area contributed by atoms with Crippen LogP contribution in [0.5, 0.6) is 0 Å². The van der Waals surface area contributed by atoms with Crippen molar-refractivity contribution in [2.75, 3.05) is 4.90 Å². The summed E-state index contributed by atoms with van der Waals surface area (Å²) in [5.41, 5.74) is 16.6. The standard InChI is InChI=1S/C59H39NO/c1-3-23-43(24-4-1)59(44-25-5-2-6-26-44)50-32-12-9-29-48(50)57-51(59)33-17-35-53(57)60(54-36-18-38-56-58(54)49-30-11-14-37-55(49)61-56)52-34-13-10-28-47(52)42-22-15-21-41(39-42)46-31-16-20-40-19-7-8-27-45(40)46/h1-39H. The van der Waals surface area contributed by atoms with Crippen LogP contribution in [0.4, 0.5) is 17.1 Å². The second kappa shape index (κ2) is 14.1. The van der Waals surface area contributed by atoms with Crippen molar-refractivity contribution >= 4 is 49.8 Å². The molecule has 0 aliphatic heterocycles. The van der Waals surface area contributed by atoms with Gasteiger partial charge in [-0.2, -0.15) is 0 Å². The fraction of sp³-hybridized carbons (Fsp3) is 0.0169. The van der Waals surface area contributed by atoms with Crippen molar-refractivity contribution in [3.05, 3.63) is 259 Å². The molecule has 12 rings (SSSR count). The van der Waals surface area contributed by atoms with E-state index in [9.17, 15) is 0 Å². The average molecular weight is 778 g/mol. The van der Waals surface area contributed by atoms with Crippen molar-refractivity contribution in [2.45, 2.75) is 5.41 Å². The highest BCUT2D eigenvalue weighted by molar-refractivity contribution is 6.15. The summed E-state index contributed by atoms with van der Waals surface area (Å²) >= 11 is 0. The monoisotopic (exact) mass is 777 g/mol. The lowest BCUT2D eigenvalue weighted by Crippen LogP contribution is -2.28. The highest BCUT2D eigenvalue weighted by Crippen LogP contribution is 2.60. The first kappa shape index (κ1) is 35.0. The molecule has 1 aliphatic rings. The van der Waals surface area contributed by atoms with Crippen molar-refractivity contribution in [3.63, 3.8) is 0 Å². The highest BCUT2D eigenvalue weighted by atomic mass is 16.3. The summed E-state index contributed by atoms with van der Waals surface area (Å²) in [6, 6.07) is 86.1. The lowest BCUT2D eigenvalue weighted by atomic mass is 9.68. The molecule has 0 atom stereocenters. The zero-order valence-corrected chi connectivity index (χ0v) is 33.4. The molecule has 286 valence electrons. The first-order valence-corrected chi connectivity index (χ1v) is 21.0. The molecule has 0 amide bonds. The molecule has 61 heavy (non-hydrogen) atoms. The van der Waals surface area contributed by atoms with Gasteiger partial charge in [-0.05, 0) is 91.7 Å². The van der Waals surface area contributed by atoms with Crippen LogP contribution in [0, 0.1) is 0 Å². The van der Waals surface area contributed by atoms with Crippen LogP contribution in [0.1, 0.15) is 22.3 Å². The molecular formula is C59H39NO. The van der Waals surface area contributed by atoms with Crippen LogP contribution in [0.3, 0.4) is 0 Å². The van der Waals surface area contributed by atoms with Gasteiger partial charge in [-0.25, -0.2) is 0 Å².